The second-order valence-corrected chi connectivity index (χ2v) is 8.11. The summed E-state index contributed by atoms with van der Waals surface area (Å²) in [7, 11) is 0. The van der Waals surface area contributed by atoms with E-state index in [4.69, 9.17) is 20.5 Å². The van der Waals surface area contributed by atoms with Crippen molar-refractivity contribution >= 4 is 28.7 Å². The second-order valence-electron chi connectivity index (χ2n) is 7.28. The van der Waals surface area contributed by atoms with Crippen molar-refractivity contribution < 1.29 is 9.90 Å². The molecule has 1 aromatic heterocycles. The van der Waals surface area contributed by atoms with Gasteiger partial charge in [0.15, 0.2) is 0 Å². The van der Waals surface area contributed by atoms with Gasteiger partial charge >= 0.3 is 5.97 Å². The van der Waals surface area contributed by atoms with Crippen molar-refractivity contribution in [3.05, 3.63) is 35.2 Å². The van der Waals surface area contributed by atoms with Crippen LogP contribution in [0.25, 0.3) is 11.3 Å². The van der Waals surface area contributed by atoms with Crippen molar-refractivity contribution in [1.82, 2.24) is 4.98 Å². The van der Waals surface area contributed by atoms with Crippen molar-refractivity contribution in [1.29, 1.82) is 5.26 Å². The fourth-order valence-electron chi connectivity index (χ4n) is 3.50. The number of hydrazone groups is 1. The minimum Gasteiger partial charge on any atom is -0.481 e. The van der Waals surface area contributed by atoms with Crippen molar-refractivity contribution in [3.8, 4) is 17.3 Å². The molecule has 3 rings (SSSR count). The lowest BCUT2D eigenvalue weighted by Gasteiger charge is -2.22. The number of carboxylic acids is 1. The topological polar surface area (TPSA) is 89.6 Å². The predicted molar refractivity (Wildman–Crippen MR) is 116 cm³/mol. The minimum atomic E-state index is -0.729. The molecule has 29 heavy (non-hydrogen) atoms. The van der Waals surface area contributed by atoms with Gasteiger partial charge in [-0.2, -0.15) is 10.4 Å². The number of rotatable bonds is 10. The average molecular weight is 411 g/mol. The first-order valence-electron chi connectivity index (χ1n) is 10.2. The lowest BCUT2D eigenvalue weighted by atomic mass is 10.1. The van der Waals surface area contributed by atoms with Crippen LogP contribution in [-0.2, 0) is 4.79 Å². The molecule has 1 N–H and O–H groups in total. The smallest absolute Gasteiger partial charge is 0.303 e. The maximum absolute atomic E-state index is 10.6. The van der Waals surface area contributed by atoms with Gasteiger partial charge in [-0.05, 0) is 44.2 Å². The van der Waals surface area contributed by atoms with Crippen molar-refractivity contribution in [2.24, 2.45) is 5.10 Å². The molecular weight excluding hydrogens is 384 g/mol. The Bertz CT molecular complexity index is 864. The number of aliphatic carboxylic acids is 1. The highest BCUT2D eigenvalue weighted by Crippen LogP contribution is 2.33. The van der Waals surface area contributed by atoms with Gasteiger partial charge in [-0.1, -0.05) is 31.4 Å². The van der Waals surface area contributed by atoms with E-state index < -0.39 is 5.97 Å². The maximum atomic E-state index is 10.6. The summed E-state index contributed by atoms with van der Waals surface area (Å²) in [6.07, 6.45) is 10.3. The first kappa shape index (κ1) is 21.0. The van der Waals surface area contributed by atoms with Gasteiger partial charge in [0.1, 0.15) is 0 Å². The van der Waals surface area contributed by atoms with Gasteiger partial charge in [-0.15, -0.1) is 11.3 Å². The zero-order chi connectivity index (χ0) is 20.5. The summed E-state index contributed by atoms with van der Waals surface area (Å²) in [5.41, 5.74) is 2.55. The molecule has 0 amide bonds. The molecule has 1 aromatic carbocycles. The van der Waals surface area contributed by atoms with Crippen molar-refractivity contribution in [2.45, 2.75) is 63.8 Å². The highest BCUT2D eigenvalue weighted by molar-refractivity contribution is 7.14. The number of unbranched alkanes of at least 4 members (excludes halogenated alkanes) is 3. The molecule has 1 fully saturated rings. The van der Waals surface area contributed by atoms with Gasteiger partial charge < -0.3 is 5.11 Å². The molecular formula is C22H26N4O2S. The zero-order valence-electron chi connectivity index (χ0n) is 16.5. The summed E-state index contributed by atoms with van der Waals surface area (Å²) in [6.45, 7) is 0. The largest absolute Gasteiger partial charge is 0.481 e. The number of carboxylic acid groups (broad SMARTS) is 1. The third-order valence-electron chi connectivity index (χ3n) is 5.10. The molecule has 0 saturated heterocycles. The number of nitrogens with zero attached hydrogens (tertiary/aromatic N) is 4. The van der Waals surface area contributed by atoms with E-state index in [9.17, 15) is 4.79 Å². The SMILES string of the molecule is N#Cc1ccc(-c2csc(N(/N=C/CCCCCC(=O)O)C3CCCC3)n2)cc1. The number of hydrogen-bond acceptors (Lipinski definition) is 6. The number of aromatic nitrogens is 1. The van der Waals surface area contributed by atoms with E-state index in [1.807, 2.05) is 35.9 Å². The first-order valence-corrected chi connectivity index (χ1v) is 11.0. The Morgan fingerprint density at radius 2 is 2.03 bits per heavy atom. The summed E-state index contributed by atoms with van der Waals surface area (Å²) < 4.78 is 0. The summed E-state index contributed by atoms with van der Waals surface area (Å²) in [5.74, 6) is -0.729. The van der Waals surface area contributed by atoms with Gasteiger partial charge in [0, 0.05) is 23.6 Å². The molecule has 1 heterocycles. The standard InChI is InChI=1S/C22H26N4O2S/c23-15-17-10-12-18(13-11-17)20-16-29-22(25-20)26(19-7-4-5-8-19)24-14-6-2-1-3-9-21(27)28/h10-14,16,19H,1-9H2,(H,27,28)/b24-14+. The van der Waals surface area contributed by atoms with E-state index in [2.05, 4.69) is 11.1 Å². The van der Waals surface area contributed by atoms with Crippen LogP contribution in [0.3, 0.4) is 0 Å². The molecule has 1 aliphatic carbocycles. The number of hydrogen-bond donors (Lipinski definition) is 1. The normalized spacial score (nSPS) is 14.3. The third-order valence-corrected chi connectivity index (χ3v) is 5.93. The Labute approximate surface area is 175 Å². The predicted octanol–water partition coefficient (Wildman–Crippen LogP) is 5.45. The van der Waals surface area contributed by atoms with Crippen LogP contribution in [0.1, 0.15) is 63.4 Å². The molecule has 7 heteroatoms. The quantitative estimate of drug-likeness (QED) is 0.319. The lowest BCUT2D eigenvalue weighted by Crippen LogP contribution is -2.28. The van der Waals surface area contributed by atoms with Crippen molar-refractivity contribution in [3.63, 3.8) is 0 Å². The zero-order valence-corrected chi connectivity index (χ0v) is 17.3. The van der Waals surface area contributed by atoms with Crippen LogP contribution in [0.5, 0.6) is 0 Å². The van der Waals surface area contributed by atoms with Crippen LogP contribution in [-0.4, -0.2) is 28.3 Å². The molecule has 0 aliphatic heterocycles. The van der Waals surface area contributed by atoms with E-state index >= 15 is 0 Å². The number of anilines is 1. The number of benzene rings is 1. The number of carbonyl (C=O) groups is 1. The summed E-state index contributed by atoms with van der Waals surface area (Å²) in [4.78, 5) is 15.4. The molecule has 0 atom stereocenters. The van der Waals surface area contributed by atoms with E-state index in [-0.39, 0.29) is 6.42 Å². The van der Waals surface area contributed by atoms with Crippen LogP contribution in [0.4, 0.5) is 5.13 Å². The van der Waals surface area contributed by atoms with Crippen LogP contribution in [0.2, 0.25) is 0 Å². The minimum absolute atomic E-state index is 0.239. The highest BCUT2D eigenvalue weighted by atomic mass is 32.1. The Balaban J connectivity index is 1.64. The average Bonchev–Trinajstić information content (AvgIpc) is 3.42. The molecule has 152 valence electrons. The van der Waals surface area contributed by atoms with Gasteiger partial charge in [0.05, 0.1) is 23.4 Å². The third kappa shape index (κ3) is 6.13. The molecule has 0 unspecified atom stereocenters. The van der Waals surface area contributed by atoms with Crippen LogP contribution < -0.4 is 5.01 Å². The fraction of sp³-hybridized carbons (Fsp3) is 0.455. The molecule has 1 saturated carbocycles. The summed E-state index contributed by atoms with van der Waals surface area (Å²) in [5, 5.41) is 27.4. The van der Waals surface area contributed by atoms with E-state index in [1.54, 1.807) is 11.3 Å². The summed E-state index contributed by atoms with van der Waals surface area (Å²) in [6, 6.07) is 10.0. The Kier molecular flexibility index (Phi) is 7.77. The molecule has 6 nitrogen and oxygen atoms in total. The molecule has 0 spiro atoms. The summed E-state index contributed by atoms with van der Waals surface area (Å²) >= 11 is 1.60. The second kappa shape index (κ2) is 10.7. The van der Waals surface area contributed by atoms with Crippen LogP contribution >= 0.6 is 11.3 Å². The molecule has 1 aliphatic rings. The Morgan fingerprint density at radius 3 is 2.72 bits per heavy atom. The lowest BCUT2D eigenvalue weighted by molar-refractivity contribution is -0.137. The number of thiazole rings is 1. The highest BCUT2D eigenvalue weighted by Gasteiger charge is 2.25. The van der Waals surface area contributed by atoms with Gasteiger partial charge in [-0.25, -0.2) is 9.99 Å². The Morgan fingerprint density at radius 1 is 1.28 bits per heavy atom. The number of nitriles is 1. The van der Waals surface area contributed by atoms with E-state index in [1.165, 1.54) is 12.8 Å². The van der Waals surface area contributed by atoms with E-state index in [0.717, 1.165) is 54.9 Å². The Hall–Kier alpha value is -2.72. The van der Waals surface area contributed by atoms with Gasteiger partial charge in [-0.3, -0.25) is 4.79 Å². The maximum Gasteiger partial charge on any atom is 0.303 e. The monoisotopic (exact) mass is 410 g/mol. The molecule has 2 aromatic rings. The van der Waals surface area contributed by atoms with Crippen molar-refractivity contribution in [2.75, 3.05) is 5.01 Å². The van der Waals surface area contributed by atoms with E-state index in [0.29, 0.717) is 11.6 Å². The molecule has 0 radical (unpaired) electrons. The van der Waals surface area contributed by atoms with Gasteiger partial charge in [0.25, 0.3) is 0 Å². The van der Waals surface area contributed by atoms with Crippen LogP contribution in [0, 0.1) is 11.3 Å². The van der Waals surface area contributed by atoms with Crippen LogP contribution in [0.15, 0.2) is 34.7 Å². The first-order chi connectivity index (χ1) is 14.2. The molecule has 0 bridgehead atoms. The van der Waals surface area contributed by atoms with Gasteiger partial charge in [0.2, 0.25) is 5.13 Å². The fourth-order valence-corrected chi connectivity index (χ4v) is 4.36.